The first-order valence-electron chi connectivity index (χ1n) is 7.08. The fraction of sp³-hybridized carbons (Fsp3) is 0.235. The number of hydrogen-bond donors (Lipinski definition) is 3. The second-order valence-electron chi connectivity index (χ2n) is 4.86. The summed E-state index contributed by atoms with van der Waals surface area (Å²) in [6.45, 7) is 2.82. The lowest BCUT2D eigenvalue weighted by atomic mass is 10.1. The smallest absolute Gasteiger partial charge is 0.251 e. The van der Waals surface area contributed by atoms with Crippen LogP contribution in [0.2, 0.25) is 0 Å². The molecule has 0 bridgehead atoms. The van der Waals surface area contributed by atoms with Crippen LogP contribution in [0.15, 0.2) is 42.5 Å². The van der Waals surface area contributed by atoms with E-state index in [0.29, 0.717) is 17.8 Å². The van der Waals surface area contributed by atoms with Gasteiger partial charge in [0.2, 0.25) is 0 Å². The zero-order valence-corrected chi connectivity index (χ0v) is 12.4. The van der Waals surface area contributed by atoms with E-state index in [0.717, 1.165) is 12.1 Å². The van der Waals surface area contributed by atoms with Gasteiger partial charge in [-0.15, -0.1) is 0 Å². The summed E-state index contributed by atoms with van der Waals surface area (Å²) in [5.41, 5.74) is 10.5. The van der Waals surface area contributed by atoms with Crippen molar-refractivity contribution in [2.45, 2.75) is 19.9 Å². The molecule has 0 aliphatic carbocycles. The van der Waals surface area contributed by atoms with Crippen LogP contribution in [0.25, 0.3) is 0 Å². The van der Waals surface area contributed by atoms with Crippen LogP contribution in [0.4, 0.5) is 11.4 Å². The zero-order chi connectivity index (χ0) is 15.2. The van der Waals surface area contributed by atoms with E-state index < -0.39 is 0 Å². The van der Waals surface area contributed by atoms with E-state index in [2.05, 4.69) is 29.7 Å². The molecule has 2 rings (SSSR count). The van der Waals surface area contributed by atoms with Crippen molar-refractivity contribution >= 4 is 17.3 Å². The molecular weight excluding hydrogens is 262 g/mol. The molecule has 0 atom stereocenters. The maximum atomic E-state index is 11.7. The Bertz CT molecular complexity index is 638. The Morgan fingerprint density at radius 1 is 1.14 bits per heavy atom. The van der Waals surface area contributed by atoms with E-state index >= 15 is 0 Å². The molecule has 2 aromatic rings. The third kappa shape index (κ3) is 3.54. The van der Waals surface area contributed by atoms with Crippen LogP contribution in [-0.4, -0.2) is 13.0 Å². The predicted molar refractivity (Wildman–Crippen MR) is 87.4 cm³/mol. The monoisotopic (exact) mass is 283 g/mol. The van der Waals surface area contributed by atoms with Crippen LogP contribution in [0.1, 0.15) is 28.4 Å². The lowest BCUT2D eigenvalue weighted by Gasteiger charge is -2.13. The molecule has 0 spiro atoms. The minimum atomic E-state index is -0.119. The minimum Gasteiger partial charge on any atom is -0.397 e. The molecule has 0 heterocycles. The van der Waals surface area contributed by atoms with Gasteiger partial charge in [-0.05, 0) is 35.7 Å². The summed E-state index contributed by atoms with van der Waals surface area (Å²) in [7, 11) is 1.61. The summed E-state index contributed by atoms with van der Waals surface area (Å²) in [6.07, 6.45) is 0.992. The van der Waals surface area contributed by atoms with Gasteiger partial charge in [-0.25, -0.2) is 0 Å². The van der Waals surface area contributed by atoms with Crippen LogP contribution in [0, 0.1) is 0 Å². The minimum absolute atomic E-state index is 0.119. The van der Waals surface area contributed by atoms with Crippen LogP contribution < -0.4 is 16.4 Å². The van der Waals surface area contributed by atoms with E-state index in [1.165, 1.54) is 11.1 Å². The number of nitrogens with two attached hydrogens (primary N) is 1. The van der Waals surface area contributed by atoms with E-state index in [4.69, 9.17) is 5.73 Å². The van der Waals surface area contributed by atoms with E-state index in [9.17, 15) is 4.79 Å². The normalized spacial score (nSPS) is 10.2. The molecule has 21 heavy (non-hydrogen) atoms. The highest BCUT2D eigenvalue weighted by atomic mass is 16.1. The van der Waals surface area contributed by atoms with Gasteiger partial charge in [-0.2, -0.15) is 0 Å². The summed E-state index contributed by atoms with van der Waals surface area (Å²) in [5, 5.41) is 5.93. The van der Waals surface area contributed by atoms with Crippen molar-refractivity contribution in [3.63, 3.8) is 0 Å². The Kier molecular flexibility index (Phi) is 4.82. The lowest BCUT2D eigenvalue weighted by Crippen LogP contribution is -2.18. The van der Waals surface area contributed by atoms with E-state index in [1.807, 2.05) is 12.1 Å². The van der Waals surface area contributed by atoms with Gasteiger partial charge in [0.1, 0.15) is 0 Å². The summed E-state index contributed by atoms with van der Waals surface area (Å²) < 4.78 is 0. The van der Waals surface area contributed by atoms with Crippen LogP contribution in [-0.2, 0) is 13.0 Å². The number of carbonyl (C=O) groups is 1. The maximum absolute atomic E-state index is 11.7. The molecule has 0 aromatic heterocycles. The number of aryl methyl sites for hydroxylation is 1. The first-order chi connectivity index (χ1) is 10.2. The molecule has 4 heteroatoms. The highest BCUT2D eigenvalue weighted by Crippen LogP contribution is 2.21. The summed E-state index contributed by atoms with van der Waals surface area (Å²) in [4.78, 5) is 11.7. The van der Waals surface area contributed by atoms with Gasteiger partial charge in [0.05, 0.1) is 11.4 Å². The van der Waals surface area contributed by atoms with Crippen molar-refractivity contribution in [3.05, 3.63) is 59.2 Å². The SMILES string of the molecule is CCc1ccccc1CNc1cc(C(=O)NC)ccc1N. The van der Waals surface area contributed by atoms with Gasteiger partial charge in [0, 0.05) is 19.2 Å². The first-order valence-corrected chi connectivity index (χ1v) is 7.08. The number of rotatable bonds is 5. The number of amides is 1. The van der Waals surface area contributed by atoms with E-state index in [-0.39, 0.29) is 5.91 Å². The topological polar surface area (TPSA) is 67.2 Å². The standard InChI is InChI=1S/C17H21N3O/c1-3-12-6-4-5-7-14(12)11-20-16-10-13(17(21)19-2)8-9-15(16)18/h4-10,20H,3,11,18H2,1-2H3,(H,19,21). The molecule has 0 aliphatic rings. The second-order valence-corrected chi connectivity index (χ2v) is 4.86. The third-order valence-corrected chi connectivity index (χ3v) is 3.51. The first kappa shape index (κ1) is 14.9. The van der Waals surface area contributed by atoms with Crippen LogP contribution >= 0.6 is 0 Å². The van der Waals surface area contributed by atoms with Gasteiger partial charge in [-0.3, -0.25) is 4.79 Å². The maximum Gasteiger partial charge on any atom is 0.251 e. The highest BCUT2D eigenvalue weighted by molar-refractivity contribution is 5.96. The molecule has 2 aromatic carbocycles. The van der Waals surface area contributed by atoms with Crippen molar-refractivity contribution in [2.24, 2.45) is 0 Å². The quantitative estimate of drug-likeness (QED) is 0.739. The molecule has 0 fully saturated rings. The number of benzene rings is 2. The van der Waals surface area contributed by atoms with Crippen molar-refractivity contribution in [3.8, 4) is 0 Å². The lowest BCUT2D eigenvalue weighted by molar-refractivity contribution is 0.0963. The van der Waals surface area contributed by atoms with Crippen molar-refractivity contribution in [1.29, 1.82) is 0 Å². The average Bonchev–Trinajstić information content (AvgIpc) is 2.53. The molecule has 1 amide bonds. The summed E-state index contributed by atoms with van der Waals surface area (Å²) in [6, 6.07) is 13.6. The van der Waals surface area contributed by atoms with Crippen LogP contribution in [0.3, 0.4) is 0 Å². The molecule has 4 nitrogen and oxygen atoms in total. The van der Waals surface area contributed by atoms with Crippen LogP contribution in [0.5, 0.6) is 0 Å². The zero-order valence-electron chi connectivity index (χ0n) is 12.4. The Morgan fingerprint density at radius 2 is 1.86 bits per heavy atom. The summed E-state index contributed by atoms with van der Waals surface area (Å²) in [5.74, 6) is -0.119. The number of anilines is 2. The number of nitrogens with one attached hydrogen (secondary N) is 2. The second kappa shape index (κ2) is 6.79. The number of carbonyl (C=O) groups excluding carboxylic acids is 1. The molecule has 0 radical (unpaired) electrons. The molecule has 0 saturated carbocycles. The molecule has 0 aliphatic heterocycles. The number of hydrogen-bond acceptors (Lipinski definition) is 3. The Balaban J connectivity index is 2.17. The number of nitrogen functional groups attached to an aromatic ring is 1. The van der Waals surface area contributed by atoms with Gasteiger partial charge >= 0.3 is 0 Å². The molecule has 0 saturated heterocycles. The predicted octanol–water partition coefficient (Wildman–Crippen LogP) is 2.80. The molecule has 110 valence electrons. The molecule has 4 N–H and O–H groups in total. The van der Waals surface area contributed by atoms with Gasteiger partial charge in [-0.1, -0.05) is 31.2 Å². The Morgan fingerprint density at radius 3 is 2.52 bits per heavy atom. The van der Waals surface area contributed by atoms with E-state index in [1.54, 1.807) is 25.2 Å². The van der Waals surface area contributed by atoms with Gasteiger partial charge in [0.25, 0.3) is 5.91 Å². The van der Waals surface area contributed by atoms with Crippen molar-refractivity contribution < 1.29 is 4.79 Å². The largest absolute Gasteiger partial charge is 0.397 e. The van der Waals surface area contributed by atoms with Gasteiger partial charge in [0.15, 0.2) is 0 Å². The fourth-order valence-corrected chi connectivity index (χ4v) is 2.26. The fourth-order valence-electron chi connectivity index (χ4n) is 2.26. The molecule has 0 unspecified atom stereocenters. The third-order valence-electron chi connectivity index (χ3n) is 3.51. The van der Waals surface area contributed by atoms with Crippen molar-refractivity contribution in [1.82, 2.24) is 5.32 Å². The Labute approximate surface area is 125 Å². The van der Waals surface area contributed by atoms with Crippen molar-refractivity contribution in [2.75, 3.05) is 18.1 Å². The molecular formula is C17H21N3O. The van der Waals surface area contributed by atoms with Gasteiger partial charge < -0.3 is 16.4 Å². The highest BCUT2D eigenvalue weighted by Gasteiger charge is 2.07. The summed E-state index contributed by atoms with van der Waals surface area (Å²) >= 11 is 0. The average molecular weight is 283 g/mol. The Hall–Kier alpha value is -2.49.